The van der Waals surface area contributed by atoms with Gasteiger partial charge in [-0.3, -0.25) is 9.59 Å². The van der Waals surface area contributed by atoms with E-state index in [0.717, 1.165) is 11.1 Å². The predicted octanol–water partition coefficient (Wildman–Crippen LogP) is 4.67. The number of nitrogens with zero attached hydrogens (tertiary/aromatic N) is 1. The van der Waals surface area contributed by atoms with E-state index in [9.17, 15) is 23.5 Å². The maximum absolute atomic E-state index is 13.5. The van der Waals surface area contributed by atoms with Gasteiger partial charge in [0.1, 0.15) is 29.5 Å². The molecule has 0 saturated carbocycles. The number of rotatable bonds is 8. The summed E-state index contributed by atoms with van der Waals surface area (Å²) in [6.07, 6.45) is 1.47. The average Bonchev–Trinajstić information content (AvgIpc) is 3.12. The van der Waals surface area contributed by atoms with Crippen molar-refractivity contribution in [2.24, 2.45) is 0 Å². The largest absolute Gasteiger partial charge is 0.487 e. The SMILES string of the molecule is C[C@@]1(Cc2ccc(F)cc2)Cc2cc(C(=O)N(CCc3cccc(F)c3)CC(=O)O)ccc2O1. The van der Waals surface area contributed by atoms with Crippen LogP contribution in [0.4, 0.5) is 8.78 Å². The van der Waals surface area contributed by atoms with Gasteiger partial charge in [-0.1, -0.05) is 24.3 Å². The van der Waals surface area contributed by atoms with E-state index in [1.54, 1.807) is 42.5 Å². The van der Waals surface area contributed by atoms with Crippen LogP contribution in [-0.2, 0) is 24.1 Å². The number of ether oxygens (including phenoxy) is 1. The number of carbonyl (C=O) groups excluding carboxylic acids is 1. The predicted molar refractivity (Wildman–Crippen MR) is 123 cm³/mol. The Bertz CT molecular complexity index is 1210. The minimum Gasteiger partial charge on any atom is -0.487 e. The molecular weight excluding hydrogens is 440 g/mol. The number of carbonyl (C=O) groups is 2. The van der Waals surface area contributed by atoms with Gasteiger partial charge in [0, 0.05) is 24.9 Å². The highest BCUT2D eigenvalue weighted by Crippen LogP contribution is 2.37. The first-order chi connectivity index (χ1) is 16.2. The molecule has 0 aromatic heterocycles. The van der Waals surface area contributed by atoms with Crippen LogP contribution >= 0.6 is 0 Å². The van der Waals surface area contributed by atoms with Crippen LogP contribution in [0.2, 0.25) is 0 Å². The van der Waals surface area contributed by atoms with Crippen molar-refractivity contribution in [3.05, 3.63) is 101 Å². The van der Waals surface area contributed by atoms with E-state index >= 15 is 0 Å². The number of fused-ring (bicyclic) bond motifs is 1. The van der Waals surface area contributed by atoms with Crippen molar-refractivity contribution < 1.29 is 28.2 Å². The molecule has 1 N–H and O–H groups in total. The maximum atomic E-state index is 13.5. The Morgan fingerprint density at radius 3 is 2.47 bits per heavy atom. The molecule has 3 aromatic rings. The zero-order valence-electron chi connectivity index (χ0n) is 18.8. The van der Waals surface area contributed by atoms with Crippen molar-refractivity contribution in [1.29, 1.82) is 0 Å². The topological polar surface area (TPSA) is 66.8 Å². The van der Waals surface area contributed by atoms with Crippen LogP contribution < -0.4 is 4.74 Å². The highest BCUT2D eigenvalue weighted by molar-refractivity contribution is 5.96. The van der Waals surface area contributed by atoms with E-state index in [1.165, 1.54) is 29.2 Å². The van der Waals surface area contributed by atoms with Gasteiger partial charge in [0.2, 0.25) is 0 Å². The van der Waals surface area contributed by atoms with E-state index in [2.05, 4.69) is 0 Å². The Morgan fingerprint density at radius 1 is 1.00 bits per heavy atom. The zero-order valence-corrected chi connectivity index (χ0v) is 18.8. The smallest absolute Gasteiger partial charge is 0.323 e. The van der Waals surface area contributed by atoms with Crippen LogP contribution in [0.15, 0.2) is 66.7 Å². The summed E-state index contributed by atoms with van der Waals surface area (Å²) in [7, 11) is 0. The molecule has 0 unspecified atom stereocenters. The van der Waals surface area contributed by atoms with Gasteiger partial charge >= 0.3 is 5.97 Å². The molecule has 1 amide bonds. The van der Waals surface area contributed by atoms with Crippen LogP contribution in [-0.4, -0.2) is 40.6 Å². The molecule has 1 heterocycles. The molecule has 176 valence electrons. The van der Waals surface area contributed by atoms with Crippen LogP contribution in [0.5, 0.6) is 5.75 Å². The molecule has 0 aliphatic carbocycles. The molecule has 1 aliphatic rings. The van der Waals surface area contributed by atoms with Crippen LogP contribution in [0.25, 0.3) is 0 Å². The Kier molecular flexibility index (Phi) is 6.63. The van der Waals surface area contributed by atoms with E-state index in [1.807, 2.05) is 6.92 Å². The number of amides is 1. The number of aliphatic carboxylic acids is 1. The summed E-state index contributed by atoms with van der Waals surface area (Å²) in [6.45, 7) is 1.65. The van der Waals surface area contributed by atoms with Gasteiger partial charge in [-0.05, 0) is 72.5 Å². The molecule has 0 saturated heterocycles. The Balaban J connectivity index is 1.48. The van der Waals surface area contributed by atoms with Crippen LogP contribution in [0.3, 0.4) is 0 Å². The summed E-state index contributed by atoms with van der Waals surface area (Å²) >= 11 is 0. The van der Waals surface area contributed by atoms with Crippen LogP contribution in [0, 0.1) is 11.6 Å². The molecule has 4 rings (SSSR count). The number of carboxylic acids is 1. The fraction of sp³-hybridized carbons (Fsp3) is 0.259. The van der Waals surface area contributed by atoms with Gasteiger partial charge in [0.25, 0.3) is 5.91 Å². The molecule has 0 bridgehead atoms. The van der Waals surface area contributed by atoms with Crippen molar-refractivity contribution in [2.75, 3.05) is 13.1 Å². The lowest BCUT2D eigenvalue weighted by Crippen LogP contribution is -2.37. The lowest BCUT2D eigenvalue weighted by atomic mass is 9.91. The van der Waals surface area contributed by atoms with Gasteiger partial charge in [0.05, 0.1) is 0 Å². The second kappa shape index (κ2) is 9.63. The van der Waals surface area contributed by atoms with Crippen LogP contribution in [0.1, 0.15) is 34.0 Å². The summed E-state index contributed by atoms with van der Waals surface area (Å²) in [5, 5.41) is 9.30. The normalized spacial score (nSPS) is 16.6. The second-order valence-electron chi connectivity index (χ2n) is 8.85. The summed E-state index contributed by atoms with van der Waals surface area (Å²) in [5.41, 5.74) is 2.31. The van der Waals surface area contributed by atoms with E-state index in [-0.39, 0.29) is 18.2 Å². The highest BCUT2D eigenvalue weighted by Gasteiger charge is 2.35. The third kappa shape index (κ3) is 5.60. The summed E-state index contributed by atoms with van der Waals surface area (Å²) in [5.74, 6) is -1.53. The number of carboxylic acid groups (broad SMARTS) is 1. The second-order valence-corrected chi connectivity index (χ2v) is 8.85. The Morgan fingerprint density at radius 2 is 1.76 bits per heavy atom. The van der Waals surface area contributed by atoms with E-state index in [0.29, 0.717) is 36.1 Å². The first-order valence-corrected chi connectivity index (χ1v) is 11.0. The van der Waals surface area contributed by atoms with Crippen molar-refractivity contribution in [2.45, 2.75) is 31.8 Å². The standard InChI is InChI=1S/C27H25F2NO4/c1-27(15-19-5-8-22(28)9-6-19)16-21-14-20(7-10-24(21)34-27)26(33)30(17-25(31)32)12-11-18-3-2-4-23(29)13-18/h2-10,13-14H,11-12,15-17H2,1H3,(H,31,32)/t27-/m1/s1. The lowest BCUT2D eigenvalue weighted by molar-refractivity contribution is -0.137. The van der Waals surface area contributed by atoms with E-state index < -0.39 is 24.0 Å². The highest BCUT2D eigenvalue weighted by atomic mass is 19.1. The van der Waals surface area contributed by atoms with Crippen molar-refractivity contribution in [1.82, 2.24) is 4.90 Å². The number of hydrogen-bond donors (Lipinski definition) is 1. The first kappa shape index (κ1) is 23.4. The summed E-state index contributed by atoms with van der Waals surface area (Å²) < 4.78 is 32.8. The summed E-state index contributed by atoms with van der Waals surface area (Å²) in [4.78, 5) is 25.8. The number of hydrogen-bond acceptors (Lipinski definition) is 3. The fourth-order valence-corrected chi connectivity index (χ4v) is 4.34. The minimum atomic E-state index is -1.12. The number of benzene rings is 3. The van der Waals surface area contributed by atoms with E-state index in [4.69, 9.17) is 4.74 Å². The monoisotopic (exact) mass is 465 g/mol. The maximum Gasteiger partial charge on any atom is 0.323 e. The zero-order chi connectivity index (χ0) is 24.3. The summed E-state index contributed by atoms with van der Waals surface area (Å²) in [6, 6.07) is 17.4. The molecule has 34 heavy (non-hydrogen) atoms. The third-order valence-corrected chi connectivity index (χ3v) is 5.89. The molecule has 5 nitrogen and oxygen atoms in total. The van der Waals surface area contributed by atoms with Gasteiger partial charge in [-0.2, -0.15) is 0 Å². The third-order valence-electron chi connectivity index (χ3n) is 5.89. The molecule has 0 spiro atoms. The quantitative estimate of drug-likeness (QED) is 0.525. The molecule has 0 fully saturated rings. The van der Waals surface area contributed by atoms with Gasteiger partial charge in [-0.15, -0.1) is 0 Å². The molecular formula is C27H25F2NO4. The molecule has 3 aromatic carbocycles. The minimum absolute atomic E-state index is 0.143. The average molecular weight is 465 g/mol. The number of halogens is 2. The molecule has 0 radical (unpaired) electrons. The van der Waals surface area contributed by atoms with Crippen molar-refractivity contribution in [3.63, 3.8) is 0 Å². The lowest BCUT2D eigenvalue weighted by Gasteiger charge is -2.24. The van der Waals surface area contributed by atoms with Gasteiger partial charge in [-0.25, -0.2) is 8.78 Å². The van der Waals surface area contributed by atoms with Gasteiger partial charge < -0.3 is 14.7 Å². The Labute approximate surface area is 196 Å². The molecule has 1 aliphatic heterocycles. The first-order valence-electron chi connectivity index (χ1n) is 11.0. The van der Waals surface area contributed by atoms with Crippen molar-refractivity contribution in [3.8, 4) is 5.75 Å². The van der Waals surface area contributed by atoms with Crippen molar-refractivity contribution >= 4 is 11.9 Å². The van der Waals surface area contributed by atoms with Gasteiger partial charge in [0.15, 0.2) is 0 Å². The molecule has 7 heteroatoms. The fourth-order valence-electron chi connectivity index (χ4n) is 4.34. The molecule has 1 atom stereocenters. The Hall–Kier alpha value is -3.74.